The van der Waals surface area contributed by atoms with Crippen LogP contribution in [0.2, 0.25) is 0 Å². The zero-order valence-corrected chi connectivity index (χ0v) is 5.81. The van der Waals surface area contributed by atoms with Gasteiger partial charge in [-0.3, -0.25) is 0 Å². The maximum Gasteiger partial charge on any atom is 0.146 e. The summed E-state index contributed by atoms with van der Waals surface area (Å²) < 4.78 is 0. The minimum atomic E-state index is 0.108. The normalized spacial score (nSPS) is 11.5. The van der Waals surface area contributed by atoms with Crippen LogP contribution in [0.3, 0.4) is 0 Å². The van der Waals surface area contributed by atoms with Gasteiger partial charge in [-0.15, -0.1) is 0 Å². The van der Waals surface area contributed by atoms with Gasteiger partial charge in [0, 0.05) is 12.4 Å². The van der Waals surface area contributed by atoms with Crippen molar-refractivity contribution >= 4 is 5.84 Å². The van der Waals surface area contributed by atoms with E-state index < -0.39 is 0 Å². The second kappa shape index (κ2) is 3.50. The van der Waals surface area contributed by atoms with E-state index in [-0.39, 0.29) is 12.3 Å². The zero-order valence-electron chi connectivity index (χ0n) is 5.81. The molecule has 5 nitrogen and oxygen atoms in total. The molecule has 0 atom stereocenters. The van der Waals surface area contributed by atoms with Gasteiger partial charge in [0.15, 0.2) is 0 Å². The summed E-state index contributed by atoms with van der Waals surface area (Å²) in [6.07, 6.45) is 3.48. The molecule has 11 heavy (non-hydrogen) atoms. The Morgan fingerprint density at radius 3 is 2.73 bits per heavy atom. The van der Waals surface area contributed by atoms with Gasteiger partial charge >= 0.3 is 0 Å². The third-order valence-corrected chi connectivity index (χ3v) is 1.09. The second-order valence-corrected chi connectivity index (χ2v) is 1.93. The van der Waals surface area contributed by atoms with Gasteiger partial charge in [0.05, 0.1) is 6.42 Å². The Bertz CT molecular complexity index is 246. The highest BCUT2D eigenvalue weighted by Gasteiger charge is 1.97. The Morgan fingerprint density at radius 2 is 2.18 bits per heavy atom. The van der Waals surface area contributed by atoms with E-state index in [0.717, 1.165) is 0 Å². The van der Waals surface area contributed by atoms with Crippen LogP contribution in [0.25, 0.3) is 0 Å². The van der Waals surface area contributed by atoms with E-state index >= 15 is 0 Å². The highest BCUT2D eigenvalue weighted by molar-refractivity contribution is 5.81. The molecule has 1 aromatic rings. The molecule has 0 saturated carbocycles. The predicted octanol–water partition coefficient (Wildman–Crippen LogP) is -0.235. The van der Waals surface area contributed by atoms with Crippen LogP contribution < -0.4 is 5.73 Å². The van der Waals surface area contributed by atoms with Gasteiger partial charge in [-0.05, 0) is 6.07 Å². The van der Waals surface area contributed by atoms with Crippen LogP contribution in [0.5, 0.6) is 0 Å². The first-order valence-corrected chi connectivity index (χ1v) is 3.05. The van der Waals surface area contributed by atoms with Gasteiger partial charge in [-0.1, -0.05) is 5.16 Å². The fourth-order valence-corrected chi connectivity index (χ4v) is 0.619. The number of oxime groups is 1. The zero-order chi connectivity index (χ0) is 8.10. The van der Waals surface area contributed by atoms with Crippen LogP contribution in [-0.4, -0.2) is 21.0 Å². The lowest BCUT2D eigenvalue weighted by atomic mass is 10.4. The lowest BCUT2D eigenvalue weighted by molar-refractivity contribution is 0.317. The van der Waals surface area contributed by atoms with Crippen molar-refractivity contribution in [3.8, 4) is 0 Å². The molecule has 0 unspecified atom stereocenters. The highest BCUT2D eigenvalue weighted by atomic mass is 16.4. The Hall–Kier alpha value is -1.65. The first-order chi connectivity index (χ1) is 5.33. The van der Waals surface area contributed by atoms with E-state index in [1.807, 2.05) is 0 Å². The van der Waals surface area contributed by atoms with Crippen LogP contribution in [0.15, 0.2) is 23.6 Å². The highest BCUT2D eigenvalue weighted by Crippen LogP contribution is 1.88. The number of rotatable bonds is 2. The molecule has 0 fully saturated rings. The Balaban J connectivity index is 2.65. The van der Waals surface area contributed by atoms with Gasteiger partial charge in [-0.2, -0.15) is 0 Å². The summed E-state index contributed by atoms with van der Waals surface area (Å²) in [6.45, 7) is 0. The summed E-state index contributed by atoms with van der Waals surface area (Å²) in [7, 11) is 0. The maximum atomic E-state index is 8.20. The number of amidine groups is 1. The van der Waals surface area contributed by atoms with Gasteiger partial charge in [0.2, 0.25) is 0 Å². The first-order valence-electron chi connectivity index (χ1n) is 3.05. The Kier molecular flexibility index (Phi) is 2.37. The summed E-state index contributed by atoms with van der Waals surface area (Å²) in [6, 6.07) is 1.70. The molecule has 1 aromatic heterocycles. The standard InChI is InChI=1S/C6H8N4O/c7-5(10-11)4-6-8-2-1-3-9-6/h1-3,11H,4H2,(H2,7,10). The van der Waals surface area contributed by atoms with Crippen LogP contribution in [-0.2, 0) is 6.42 Å². The van der Waals surface area contributed by atoms with Crippen molar-refractivity contribution in [1.29, 1.82) is 0 Å². The van der Waals surface area contributed by atoms with Crippen molar-refractivity contribution in [1.82, 2.24) is 9.97 Å². The molecule has 3 N–H and O–H groups in total. The van der Waals surface area contributed by atoms with Crippen molar-refractivity contribution in [2.24, 2.45) is 10.9 Å². The number of nitrogens with zero attached hydrogens (tertiary/aromatic N) is 3. The average Bonchev–Trinajstić information content (AvgIpc) is 2.06. The van der Waals surface area contributed by atoms with E-state index in [4.69, 9.17) is 10.9 Å². The van der Waals surface area contributed by atoms with Crippen LogP contribution in [0.1, 0.15) is 5.82 Å². The molecular weight excluding hydrogens is 144 g/mol. The molecule has 0 spiro atoms. The van der Waals surface area contributed by atoms with Crippen LogP contribution in [0.4, 0.5) is 0 Å². The first kappa shape index (κ1) is 7.46. The van der Waals surface area contributed by atoms with Crippen molar-refractivity contribution in [3.63, 3.8) is 0 Å². The summed E-state index contributed by atoms with van der Waals surface area (Å²) in [5.41, 5.74) is 5.22. The number of hydrogen-bond donors (Lipinski definition) is 2. The molecule has 0 aliphatic carbocycles. The molecule has 5 heteroatoms. The van der Waals surface area contributed by atoms with E-state index in [9.17, 15) is 0 Å². The van der Waals surface area contributed by atoms with Gasteiger partial charge in [0.25, 0.3) is 0 Å². The molecule has 1 heterocycles. The topological polar surface area (TPSA) is 84.4 Å². The van der Waals surface area contributed by atoms with Crippen molar-refractivity contribution < 1.29 is 5.21 Å². The molecule has 0 saturated heterocycles. The monoisotopic (exact) mass is 152 g/mol. The molecule has 0 bridgehead atoms. The van der Waals surface area contributed by atoms with Crippen molar-refractivity contribution in [2.75, 3.05) is 0 Å². The number of aromatic nitrogens is 2. The van der Waals surface area contributed by atoms with Crippen molar-refractivity contribution in [3.05, 3.63) is 24.3 Å². The molecule has 0 amide bonds. The second-order valence-electron chi connectivity index (χ2n) is 1.93. The lowest BCUT2D eigenvalue weighted by Gasteiger charge is -1.94. The Labute approximate surface area is 63.6 Å². The van der Waals surface area contributed by atoms with E-state index in [1.165, 1.54) is 0 Å². The quantitative estimate of drug-likeness (QED) is 0.265. The molecule has 0 aliphatic heterocycles. The Morgan fingerprint density at radius 1 is 1.55 bits per heavy atom. The maximum absolute atomic E-state index is 8.20. The van der Waals surface area contributed by atoms with Gasteiger partial charge in [0.1, 0.15) is 11.7 Å². The van der Waals surface area contributed by atoms with Crippen LogP contribution >= 0.6 is 0 Å². The SMILES string of the molecule is N/C(Cc1ncccn1)=N\O. The minimum Gasteiger partial charge on any atom is -0.409 e. The number of nitrogens with two attached hydrogens (primary N) is 1. The molecule has 0 radical (unpaired) electrons. The summed E-state index contributed by atoms with van der Waals surface area (Å²) in [5, 5.41) is 11.0. The minimum absolute atomic E-state index is 0.108. The smallest absolute Gasteiger partial charge is 0.146 e. The molecule has 1 rings (SSSR count). The molecular formula is C6H8N4O. The van der Waals surface area contributed by atoms with Gasteiger partial charge < -0.3 is 10.9 Å². The number of hydrogen-bond acceptors (Lipinski definition) is 4. The largest absolute Gasteiger partial charge is 0.409 e. The van der Waals surface area contributed by atoms with E-state index in [2.05, 4.69) is 15.1 Å². The summed E-state index contributed by atoms with van der Waals surface area (Å²) in [5.74, 6) is 0.652. The molecule has 58 valence electrons. The summed E-state index contributed by atoms with van der Waals surface area (Å²) in [4.78, 5) is 7.77. The fraction of sp³-hybridized carbons (Fsp3) is 0.167. The third kappa shape index (κ3) is 2.21. The molecule has 0 aliphatic rings. The predicted molar refractivity (Wildman–Crippen MR) is 39.1 cm³/mol. The average molecular weight is 152 g/mol. The summed E-state index contributed by atoms with van der Waals surface area (Å²) >= 11 is 0. The lowest BCUT2D eigenvalue weighted by Crippen LogP contribution is -2.16. The van der Waals surface area contributed by atoms with Crippen LogP contribution in [0, 0.1) is 0 Å². The van der Waals surface area contributed by atoms with E-state index in [1.54, 1.807) is 18.5 Å². The van der Waals surface area contributed by atoms with Gasteiger partial charge in [-0.25, -0.2) is 9.97 Å². The molecule has 0 aromatic carbocycles. The van der Waals surface area contributed by atoms with E-state index in [0.29, 0.717) is 5.82 Å². The van der Waals surface area contributed by atoms with Crippen molar-refractivity contribution in [2.45, 2.75) is 6.42 Å². The fourth-order valence-electron chi connectivity index (χ4n) is 0.619. The third-order valence-electron chi connectivity index (χ3n) is 1.09.